The predicted molar refractivity (Wildman–Crippen MR) is 107 cm³/mol. The highest BCUT2D eigenvalue weighted by Gasteiger charge is 2.26. The Labute approximate surface area is 167 Å². The van der Waals surface area contributed by atoms with Gasteiger partial charge in [-0.15, -0.1) is 10.2 Å². The van der Waals surface area contributed by atoms with Gasteiger partial charge in [0.15, 0.2) is 0 Å². The van der Waals surface area contributed by atoms with Gasteiger partial charge in [0.25, 0.3) is 5.91 Å². The van der Waals surface area contributed by atoms with Crippen LogP contribution in [0.3, 0.4) is 0 Å². The Morgan fingerprint density at radius 1 is 0.966 bits per heavy atom. The van der Waals surface area contributed by atoms with Crippen molar-refractivity contribution in [3.63, 3.8) is 0 Å². The van der Waals surface area contributed by atoms with Gasteiger partial charge >= 0.3 is 0 Å². The van der Waals surface area contributed by atoms with Crippen molar-refractivity contribution in [3.05, 3.63) is 107 Å². The summed E-state index contributed by atoms with van der Waals surface area (Å²) in [4.78, 5) is 12.8. The molecule has 0 bridgehead atoms. The van der Waals surface area contributed by atoms with E-state index < -0.39 is 11.9 Å². The molecular weight excluding hydrogens is 369 g/mol. The average molecular weight is 387 g/mol. The van der Waals surface area contributed by atoms with E-state index in [1.54, 1.807) is 36.4 Å². The zero-order valence-electron chi connectivity index (χ0n) is 15.7. The minimum atomic E-state index is -0.922. The summed E-state index contributed by atoms with van der Waals surface area (Å²) in [5.41, 5.74) is 2.40. The quantitative estimate of drug-likeness (QED) is 0.539. The number of carbonyl (C=O) groups is 1. The van der Waals surface area contributed by atoms with Gasteiger partial charge < -0.3 is 9.73 Å². The normalized spacial score (nSPS) is 11.8. The summed E-state index contributed by atoms with van der Waals surface area (Å²) in [7, 11) is 0. The molecule has 144 valence electrons. The Hall–Kier alpha value is -3.80. The Kier molecular flexibility index (Phi) is 5.16. The van der Waals surface area contributed by atoms with Crippen LogP contribution in [0.15, 0.2) is 83.3 Å². The first-order valence-corrected chi connectivity index (χ1v) is 9.12. The van der Waals surface area contributed by atoms with Crippen molar-refractivity contribution in [1.29, 1.82) is 0 Å². The number of halogens is 1. The second-order valence-electron chi connectivity index (χ2n) is 6.61. The second-order valence-corrected chi connectivity index (χ2v) is 6.61. The van der Waals surface area contributed by atoms with E-state index in [2.05, 4.69) is 15.5 Å². The fraction of sp³-hybridized carbons (Fsp3) is 0.0870. The molecule has 0 spiro atoms. The van der Waals surface area contributed by atoms with Gasteiger partial charge in [-0.25, -0.2) is 4.39 Å². The topological polar surface area (TPSA) is 68.0 Å². The van der Waals surface area contributed by atoms with Gasteiger partial charge in [0, 0.05) is 16.7 Å². The molecule has 1 N–H and O–H groups in total. The van der Waals surface area contributed by atoms with Crippen LogP contribution in [0.2, 0.25) is 0 Å². The number of nitrogens with zero attached hydrogens (tertiary/aromatic N) is 2. The SMILES string of the molecule is Cc1cccc(C(=O)NC(c2nnc(-c3ccccc3)o2)c2ccccc2F)c1. The maximum atomic E-state index is 14.5. The lowest BCUT2D eigenvalue weighted by atomic mass is 10.0. The van der Waals surface area contributed by atoms with E-state index in [0.29, 0.717) is 11.5 Å². The molecule has 1 amide bonds. The molecule has 6 heteroatoms. The number of benzene rings is 3. The van der Waals surface area contributed by atoms with Crippen LogP contribution >= 0.6 is 0 Å². The van der Waals surface area contributed by atoms with Gasteiger partial charge in [-0.1, -0.05) is 54.1 Å². The molecule has 0 radical (unpaired) electrons. The molecule has 1 heterocycles. The lowest BCUT2D eigenvalue weighted by Crippen LogP contribution is -2.30. The number of nitrogens with one attached hydrogen (secondary N) is 1. The standard InChI is InChI=1S/C23H18FN3O2/c1-15-8-7-11-17(14-15)21(28)25-20(18-12-5-6-13-19(18)24)23-27-26-22(29-23)16-9-3-2-4-10-16/h2-14,20H,1H3,(H,25,28). The van der Waals surface area contributed by atoms with E-state index in [9.17, 15) is 9.18 Å². The Balaban J connectivity index is 1.71. The molecule has 0 saturated carbocycles. The number of amides is 1. The third-order valence-corrected chi connectivity index (χ3v) is 4.48. The van der Waals surface area contributed by atoms with Crippen molar-refractivity contribution < 1.29 is 13.6 Å². The molecule has 4 aromatic rings. The summed E-state index contributed by atoms with van der Waals surface area (Å²) in [6, 6.07) is 21.7. The van der Waals surface area contributed by atoms with Crippen LogP contribution in [-0.4, -0.2) is 16.1 Å². The number of hydrogen-bond donors (Lipinski definition) is 1. The predicted octanol–water partition coefficient (Wildman–Crippen LogP) is 4.70. The molecular formula is C23H18FN3O2. The number of rotatable bonds is 5. The Bertz CT molecular complexity index is 1140. The maximum absolute atomic E-state index is 14.5. The van der Waals surface area contributed by atoms with E-state index in [-0.39, 0.29) is 17.4 Å². The first-order valence-electron chi connectivity index (χ1n) is 9.12. The lowest BCUT2D eigenvalue weighted by Gasteiger charge is -2.16. The van der Waals surface area contributed by atoms with Crippen LogP contribution in [0.5, 0.6) is 0 Å². The highest BCUT2D eigenvalue weighted by Crippen LogP contribution is 2.27. The molecule has 0 aliphatic rings. The maximum Gasteiger partial charge on any atom is 0.252 e. The highest BCUT2D eigenvalue weighted by molar-refractivity contribution is 5.94. The van der Waals surface area contributed by atoms with Crippen molar-refractivity contribution in [2.24, 2.45) is 0 Å². The highest BCUT2D eigenvalue weighted by atomic mass is 19.1. The van der Waals surface area contributed by atoms with Gasteiger partial charge in [-0.2, -0.15) is 0 Å². The number of aromatic nitrogens is 2. The molecule has 29 heavy (non-hydrogen) atoms. The third-order valence-electron chi connectivity index (χ3n) is 4.48. The van der Waals surface area contributed by atoms with Crippen molar-refractivity contribution in [1.82, 2.24) is 15.5 Å². The van der Waals surface area contributed by atoms with Crippen molar-refractivity contribution in [2.75, 3.05) is 0 Å². The van der Waals surface area contributed by atoms with Crippen molar-refractivity contribution in [3.8, 4) is 11.5 Å². The molecule has 4 rings (SSSR count). The lowest BCUT2D eigenvalue weighted by molar-refractivity contribution is 0.0937. The zero-order chi connectivity index (χ0) is 20.2. The average Bonchev–Trinajstić information content (AvgIpc) is 3.23. The minimum absolute atomic E-state index is 0.106. The minimum Gasteiger partial charge on any atom is -0.418 e. The molecule has 0 fully saturated rings. The summed E-state index contributed by atoms with van der Waals surface area (Å²) in [5, 5.41) is 11.0. The van der Waals surface area contributed by atoms with Crippen LogP contribution in [-0.2, 0) is 0 Å². The first kappa shape index (κ1) is 18.6. The first-order chi connectivity index (χ1) is 14.1. The van der Waals surface area contributed by atoms with Crippen molar-refractivity contribution in [2.45, 2.75) is 13.0 Å². The van der Waals surface area contributed by atoms with E-state index in [0.717, 1.165) is 11.1 Å². The number of aryl methyl sites for hydroxylation is 1. The Morgan fingerprint density at radius 3 is 2.48 bits per heavy atom. The number of carbonyl (C=O) groups excluding carboxylic acids is 1. The van der Waals surface area contributed by atoms with Gasteiger partial charge in [0.1, 0.15) is 11.9 Å². The van der Waals surface area contributed by atoms with Gasteiger partial charge in [-0.3, -0.25) is 4.79 Å². The largest absolute Gasteiger partial charge is 0.418 e. The fourth-order valence-corrected chi connectivity index (χ4v) is 3.03. The van der Waals surface area contributed by atoms with E-state index in [1.165, 1.54) is 6.07 Å². The fourth-order valence-electron chi connectivity index (χ4n) is 3.03. The molecule has 5 nitrogen and oxygen atoms in total. The van der Waals surface area contributed by atoms with E-state index >= 15 is 0 Å². The third kappa shape index (κ3) is 4.06. The van der Waals surface area contributed by atoms with Crippen LogP contribution in [0.25, 0.3) is 11.5 Å². The van der Waals surface area contributed by atoms with Crippen molar-refractivity contribution >= 4 is 5.91 Å². The smallest absolute Gasteiger partial charge is 0.252 e. The molecule has 0 aliphatic heterocycles. The summed E-state index contributed by atoms with van der Waals surface area (Å²) in [6.07, 6.45) is 0. The number of hydrogen-bond acceptors (Lipinski definition) is 4. The van der Waals surface area contributed by atoms with E-state index in [1.807, 2.05) is 43.3 Å². The molecule has 0 saturated heterocycles. The van der Waals surface area contributed by atoms with Gasteiger partial charge in [0.05, 0.1) is 0 Å². The summed E-state index contributed by atoms with van der Waals surface area (Å²) >= 11 is 0. The van der Waals surface area contributed by atoms with E-state index in [4.69, 9.17) is 4.42 Å². The molecule has 0 aliphatic carbocycles. The van der Waals surface area contributed by atoms with Crippen LogP contribution in [0.1, 0.15) is 33.4 Å². The van der Waals surface area contributed by atoms with Gasteiger partial charge in [-0.05, 0) is 37.3 Å². The van der Waals surface area contributed by atoms with Gasteiger partial charge in [0.2, 0.25) is 11.8 Å². The van der Waals surface area contributed by atoms with Crippen LogP contribution in [0.4, 0.5) is 4.39 Å². The molecule has 1 atom stereocenters. The zero-order valence-corrected chi connectivity index (χ0v) is 15.7. The summed E-state index contributed by atoms with van der Waals surface area (Å²) in [5.74, 6) is -0.426. The Morgan fingerprint density at radius 2 is 1.72 bits per heavy atom. The second kappa shape index (κ2) is 8.06. The molecule has 3 aromatic carbocycles. The van der Waals surface area contributed by atoms with Crippen LogP contribution in [0, 0.1) is 12.7 Å². The van der Waals surface area contributed by atoms with Crippen LogP contribution < -0.4 is 5.32 Å². The molecule has 1 aromatic heterocycles. The summed E-state index contributed by atoms with van der Waals surface area (Å²) in [6.45, 7) is 1.90. The monoisotopic (exact) mass is 387 g/mol. The summed E-state index contributed by atoms with van der Waals surface area (Å²) < 4.78 is 20.3. The molecule has 1 unspecified atom stereocenters.